The van der Waals surface area contributed by atoms with E-state index in [4.69, 9.17) is 5.11 Å². The zero-order valence-corrected chi connectivity index (χ0v) is 10.1. The van der Waals surface area contributed by atoms with E-state index in [-0.39, 0.29) is 0 Å². The van der Waals surface area contributed by atoms with Crippen molar-refractivity contribution in [2.45, 2.75) is 25.4 Å². The molecule has 0 heterocycles. The van der Waals surface area contributed by atoms with Crippen LogP contribution in [-0.4, -0.2) is 16.7 Å². The van der Waals surface area contributed by atoms with E-state index in [1.165, 1.54) is 13.8 Å². The lowest BCUT2D eigenvalue weighted by Gasteiger charge is -2.23. The van der Waals surface area contributed by atoms with Gasteiger partial charge in [0, 0.05) is 4.47 Å². The largest absolute Gasteiger partial charge is 0.481 e. The molecule has 0 aliphatic heterocycles. The van der Waals surface area contributed by atoms with Crippen molar-refractivity contribution in [2.75, 3.05) is 0 Å². The Kier molecular flexibility index (Phi) is 3.50. The first-order chi connectivity index (χ1) is 6.82. The van der Waals surface area contributed by atoms with Gasteiger partial charge in [0.05, 0.1) is 0 Å². The Morgan fingerprint density at radius 1 is 1.53 bits per heavy atom. The molecule has 0 saturated heterocycles. The normalized spacial score (nSPS) is 13.6. The molecule has 1 rings (SSSR count). The van der Waals surface area contributed by atoms with Crippen LogP contribution in [0, 0.1) is 0 Å². The van der Waals surface area contributed by atoms with E-state index in [0.29, 0.717) is 5.56 Å². The summed E-state index contributed by atoms with van der Waals surface area (Å²) in [5.74, 6) is -2.30. The summed E-state index contributed by atoms with van der Waals surface area (Å²) in [6.07, 6.45) is 0. The Bertz CT molecular complexity index is 371. The molecule has 0 bridgehead atoms. The minimum atomic E-state index is -1.79. The highest BCUT2D eigenvalue weighted by Gasteiger charge is 2.36. The van der Waals surface area contributed by atoms with Gasteiger partial charge in [-0.3, -0.25) is 4.79 Å². The van der Waals surface area contributed by atoms with E-state index in [1.807, 2.05) is 0 Å². The maximum Gasteiger partial charge on any atom is 0.314 e. The Morgan fingerprint density at radius 3 is 2.53 bits per heavy atom. The van der Waals surface area contributed by atoms with Crippen LogP contribution in [0.1, 0.15) is 25.3 Å². The molecule has 15 heavy (non-hydrogen) atoms. The summed E-state index contributed by atoms with van der Waals surface area (Å²) in [5.41, 5.74) is -1.32. The first-order valence-corrected chi connectivity index (χ1v) is 5.29. The molecule has 0 aliphatic carbocycles. The van der Waals surface area contributed by atoms with Gasteiger partial charge in [-0.25, -0.2) is 4.39 Å². The van der Waals surface area contributed by atoms with Crippen LogP contribution in [0.3, 0.4) is 0 Å². The second kappa shape index (κ2) is 4.31. The van der Waals surface area contributed by atoms with Gasteiger partial charge in [0.2, 0.25) is 0 Å². The van der Waals surface area contributed by atoms with Crippen molar-refractivity contribution in [1.82, 2.24) is 0 Å². The molecule has 1 atom stereocenters. The van der Waals surface area contributed by atoms with E-state index in [2.05, 4.69) is 15.9 Å². The number of hydrogen-bond acceptors (Lipinski definition) is 1. The van der Waals surface area contributed by atoms with E-state index >= 15 is 0 Å². The van der Waals surface area contributed by atoms with Gasteiger partial charge in [-0.15, -0.1) is 0 Å². The van der Waals surface area contributed by atoms with Crippen LogP contribution < -0.4 is 0 Å². The van der Waals surface area contributed by atoms with Crippen molar-refractivity contribution in [3.8, 4) is 0 Å². The van der Waals surface area contributed by atoms with Crippen LogP contribution >= 0.6 is 15.9 Å². The lowest BCUT2D eigenvalue weighted by molar-refractivity contribution is -0.142. The highest BCUT2D eigenvalue weighted by atomic mass is 79.9. The number of hydrogen-bond donors (Lipinski definition) is 1. The van der Waals surface area contributed by atoms with Crippen LogP contribution in [0.2, 0.25) is 0 Å². The predicted octanol–water partition coefficient (Wildman–Crippen LogP) is 3.37. The summed E-state index contributed by atoms with van der Waals surface area (Å²) in [6, 6.07) is 6.71. The Morgan fingerprint density at radius 2 is 2.13 bits per heavy atom. The van der Waals surface area contributed by atoms with Crippen LogP contribution in [0.25, 0.3) is 0 Å². The molecule has 1 N–H and O–H groups in total. The fourth-order valence-electron chi connectivity index (χ4n) is 1.52. The smallest absolute Gasteiger partial charge is 0.314 e. The van der Waals surface area contributed by atoms with Gasteiger partial charge in [-0.1, -0.05) is 28.1 Å². The van der Waals surface area contributed by atoms with Crippen molar-refractivity contribution in [1.29, 1.82) is 0 Å². The average molecular weight is 275 g/mol. The number of benzene rings is 1. The number of carbonyl (C=O) groups is 1. The minimum absolute atomic E-state index is 0.462. The zero-order valence-electron chi connectivity index (χ0n) is 8.50. The Balaban J connectivity index is 3.16. The molecule has 1 aromatic carbocycles. The third-order valence-electron chi connectivity index (χ3n) is 2.12. The number of alkyl halides is 1. The number of carboxylic acids is 1. The van der Waals surface area contributed by atoms with Gasteiger partial charge in [-0.2, -0.15) is 0 Å². The van der Waals surface area contributed by atoms with Crippen molar-refractivity contribution in [2.24, 2.45) is 0 Å². The third kappa shape index (κ3) is 3.02. The van der Waals surface area contributed by atoms with Crippen molar-refractivity contribution < 1.29 is 14.3 Å². The van der Waals surface area contributed by atoms with E-state index in [0.717, 1.165) is 4.47 Å². The fraction of sp³-hybridized carbons (Fsp3) is 0.364. The quantitative estimate of drug-likeness (QED) is 0.918. The SMILES string of the molecule is CC(C)(F)C(C(=O)O)c1cccc(Br)c1. The average Bonchev–Trinajstić information content (AvgIpc) is 1.99. The number of aliphatic carboxylic acids is 1. The predicted molar refractivity (Wildman–Crippen MR) is 59.7 cm³/mol. The first kappa shape index (κ1) is 12.2. The molecule has 82 valence electrons. The summed E-state index contributed by atoms with van der Waals surface area (Å²) in [4.78, 5) is 11.0. The molecule has 0 amide bonds. The third-order valence-corrected chi connectivity index (χ3v) is 2.61. The molecule has 4 heteroatoms. The van der Waals surface area contributed by atoms with E-state index in [9.17, 15) is 9.18 Å². The molecule has 0 fully saturated rings. The molecular formula is C11H12BrFO2. The lowest BCUT2D eigenvalue weighted by atomic mass is 9.86. The molecule has 1 unspecified atom stereocenters. The van der Waals surface area contributed by atoms with Gasteiger partial charge >= 0.3 is 5.97 Å². The van der Waals surface area contributed by atoms with Gasteiger partial charge < -0.3 is 5.11 Å². The maximum absolute atomic E-state index is 13.7. The monoisotopic (exact) mass is 274 g/mol. The minimum Gasteiger partial charge on any atom is -0.481 e. The Hall–Kier alpha value is -0.900. The summed E-state index contributed by atoms with van der Waals surface area (Å²) >= 11 is 3.23. The molecule has 0 spiro atoms. The zero-order chi connectivity index (χ0) is 11.6. The van der Waals surface area contributed by atoms with Crippen LogP contribution in [0.5, 0.6) is 0 Å². The molecule has 0 aliphatic rings. The summed E-state index contributed by atoms with van der Waals surface area (Å²) < 4.78 is 14.5. The van der Waals surface area contributed by atoms with Gasteiger partial charge in [0.1, 0.15) is 11.6 Å². The highest BCUT2D eigenvalue weighted by Crippen LogP contribution is 2.32. The summed E-state index contributed by atoms with van der Waals surface area (Å²) in [7, 11) is 0. The first-order valence-electron chi connectivity index (χ1n) is 4.49. The second-order valence-electron chi connectivity index (χ2n) is 3.89. The Labute approximate surface area is 96.2 Å². The molecule has 2 nitrogen and oxygen atoms in total. The standard InChI is InChI=1S/C11H12BrFO2/c1-11(2,13)9(10(14)15)7-4-3-5-8(12)6-7/h3-6,9H,1-2H3,(H,14,15). The van der Waals surface area contributed by atoms with Crippen molar-refractivity contribution in [3.05, 3.63) is 34.3 Å². The maximum atomic E-state index is 13.7. The molecule has 0 saturated carbocycles. The fourth-order valence-corrected chi connectivity index (χ4v) is 1.94. The van der Waals surface area contributed by atoms with E-state index in [1.54, 1.807) is 24.3 Å². The number of carboxylic acid groups (broad SMARTS) is 1. The lowest BCUT2D eigenvalue weighted by Crippen LogP contribution is -2.30. The van der Waals surface area contributed by atoms with Crippen LogP contribution in [-0.2, 0) is 4.79 Å². The molecular weight excluding hydrogens is 263 g/mol. The summed E-state index contributed by atoms with van der Waals surface area (Å²) in [6.45, 7) is 2.54. The van der Waals surface area contributed by atoms with Crippen LogP contribution in [0.4, 0.5) is 4.39 Å². The van der Waals surface area contributed by atoms with Gasteiger partial charge in [-0.05, 0) is 31.5 Å². The van der Waals surface area contributed by atoms with Crippen molar-refractivity contribution >= 4 is 21.9 Å². The second-order valence-corrected chi connectivity index (χ2v) is 4.81. The number of halogens is 2. The van der Waals surface area contributed by atoms with Gasteiger partial charge in [0.15, 0.2) is 0 Å². The van der Waals surface area contributed by atoms with Gasteiger partial charge in [0.25, 0.3) is 0 Å². The highest BCUT2D eigenvalue weighted by molar-refractivity contribution is 9.10. The molecule has 0 aromatic heterocycles. The molecule has 0 radical (unpaired) electrons. The summed E-state index contributed by atoms with van der Waals surface area (Å²) in [5, 5.41) is 9.00. The topological polar surface area (TPSA) is 37.3 Å². The van der Waals surface area contributed by atoms with E-state index < -0.39 is 17.6 Å². The van der Waals surface area contributed by atoms with Crippen molar-refractivity contribution in [3.63, 3.8) is 0 Å². The molecule has 1 aromatic rings. The van der Waals surface area contributed by atoms with Crippen LogP contribution in [0.15, 0.2) is 28.7 Å². The number of rotatable bonds is 3.